The average molecular weight is 281 g/mol. The van der Waals surface area contributed by atoms with Gasteiger partial charge in [-0.3, -0.25) is 9.69 Å². The molecule has 0 aliphatic carbocycles. The lowest BCUT2D eigenvalue weighted by atomic mass is 10.0. The van der Waals surface area contributed by atoms with Crippen molar-refractivity contribution in [2.45, 2.75) is 32.5 Å². The van der Waals surface area contributed by atoms with E-state index in [0.717, 1.165) is 0 Å². The Morgan fingerprint density at radius 2 is 2.00 bits per heavy atom. The smallest absolute Gasteiger partial charge is 0.317 e. The Balaban J connectivity index is 2.77. The van der Waals surface area contributed by atoms with Gasteiger partial charge in [0.15, 0.2) is 0 Å². The third-order valence-electron chi connectivity index (χ3n) is 3.08. The molecule has 3 amide bonds. The number of imide groups is 1. The quantitative estimate of drug-likeness (QED) is 0.742. The highest BCUT2D eigenvalue weighted by atomic mass is 19.4. The summed E-state index contributed by atoms with van der Waals surface area (Å²) in [5, 5.41) is 4.73. The van der Waals surface area contributed by atoms with Crippen LogP contribution in [0.4, 0.5) is 18.0 Å². The van der Waals surface area contributed by atoms with Gasteiger partial charge in [-0.25, -0.2) is 4.79 Å². The first-order valence-electron chi connectivity index (χ1n) is 6.05. The zero-order valence-corrected chi connectivity index (χ0v) is 11.1. The van der Waals surface area contributed by atoms with Crippen LogP contribution in [0.5, 0.6) is 0 Å². The van der Waals surface area contributed by atoms with E-state index >= 15 is 0 Å². The zero-order valence-electron chi connectivity index (χ0n) is 11.1. The van der Waals surface area contributed by atoms with Crippen LogP contribution in [-0.4, -0.2) is 48.2 Å². The van der Waals surface area contributed by atoms with E-state index in [-0.39, 0.29) is 12.5 Å². The molecule has 0 radical (unpaired) electrons. The van der Waals surface area contributed by atoms with Crippen molar-refractivity contribution in [3.63, 3.8) is 0 Å². The number of nitrogens with zero attached hydrogens (tertiary/aromatic N) is 1. The first kappa shape index (κ1) is 15.7. The number of carbonyl (C=O) groups excluding carboxylic acids is 2. The van der Waals surface area contributed by atoms with Gasteiger partial charge in [0, 0.05) is 6.54 Å². The highest BCUT2D eigenvalue weighted by Crippen LogP contribution is 2.35. The average Bonchev–Trinajstić information content (AvgIpc) is 2.50. The number of hydrogen-bond acceptors (Lipinski definition) is 3. The van der Waals surface area contributed by atoms with E-state index in [1.165, 1.54) is 0 Å². The van der Waals surface area contributed by atoms with Gasteiger partial charge in [0.25, 0.3) is 5.91 Å². The molecule has 1 heterocycles. The predicted octanol–water partition coefficient (Wildman–Crippen LogP) is 1.10. The number of carbonyl (C=O) groups is 2. The second-order valence-corrected chi connectivity index (χ2v) is 4.88. The molecule has 0 spiro atoms. The molecule has 1 aliphatic rings. The van der Waals surface area contributed by atoms with Gasteiger partial charge < -0.3 is 10.6 Å². The molecule has 2 atom stereocenters. The maximum atomic E-state index is 12.8. The molecule has 110 valence electrons. The summed E-state index contributed by atoms with van der Waals surface area (Å²) >= 11 is 0. The topological polar surface area (TPSA) is 61.4 Å². The Morgan fingerprint density at radius 3 is 2.42 bits per heavy atom. The largest absolute Gasteiger partial charge is 0.420 e. The molecule has 0 aromatic carbocycles. The van der Waals surface area contributed by atoms with Gasteiger partial charge in [-0.1, -0.05) is 13.8 Å². The van der Waals surface area contributed by atoms with E-state index in [2.05, 4.69) is 5.32 Å². The Hall–Kier alpha value is -1.31. The standard InChI is InChI=1S/C11H18F3N3O2/c1-4-15-5-7(2)6-17-8(18)10(3,11(12,13)14)16-9(17)19/h7,15H,4-6H2,1-3H3,(H,16,19). The van der Waals surface area contributed by atoms with Crippen LogP contribution in [0.1, 0.15) is 20.8 Å². The highest BCUT2D eigenvalue weighted by Gasteiger charge is 2.64. The number of alkyl halides is 3. The predicted molar refractivity (Wildman–Crippen MR) is 62.4 cm³/mol. The molecule has 2 unspecified atom stereocenters. The minimum Gasteiger partial charge on any atom is -0.317 e. The van der Waals surface area contributed by atoms with Crippen molar-refractivity contribution in [2.24, 2.45) is 5.92 Å². The SMILES string of the molecule is CCNCC(C)CN1C(=O)NC(C)(C(F)(F)F)C1=O. The summed E-state index contributed by atoms with van der Waals surface area (Å²) in [4.78, 5) is 24.0. The summed E-state index contributed by atoms with van der Waals surface area (Å²) in [6, 6.07) is -0.992. The third kappa shape index (κ3) is 2.99. The van der Waals surface area contributed by atoms with Crippen molar-refractivity contribution in [1.29, 1.82) is 0 Å². The highest BCUT2D eigenvalue weighted by molar-refractivity contribution is 6.07. The Labute approximate surface area is 109 Å². The van der Waals surface area contributed by atoms with E-state index in [1.807, 2.05) is 6.92 Å². The van der Waals surface area contributed by atoms with Gasteiger partial charge in [-0.05, 0) is 25.9 Å². The van der Waals surface area contributed by atoms with Crippen molar-refractivity contribution >= 4 is 11.9 Å². The van der Waals surface area contributed by atoms with Crippen molar-refractivity contribution in [1.82, 2.24) is 15.5 Å². The third-order valence-corrected chi connectivity index (χ3v) is 3.08. The maximum Gasteiger partial charge on any atom is 0.420 e. The minimum atomic E-state index is -4.81. The lowest BCUT2D eigenvalue weighted by Crippen LogP contribution is -2.56. The molecule has 2 N–H and O–H groups in total. The van der Waals surface area contributed by atoms with E-state index in [0.29, 0.717) is 24.9 Å². The Kier molecular flexibility index (Phi) is 4.44. The van der Waals surface area contributed by atoms with Crippen molar-refractivity contribution in [3.05, 3.63) is 0 Å². The van der Waals surface area contributed by atoms with Gasteiger partial charge in [-0.15, -0.1) is 0 Å². The van der Waals surface area contributed by atoms with E-state index in [9.17, 15) is 22.8 Å². The summed E-state index contributed by atoms with van der Waals surface area (Å²) in [5.41, 5.74) is -2.82. The van der Waals surface area contributed by atoms with Crippen LogP contribution in [0, 0.1) is 5.92 Å². The van der Waals surface area contributed by atoms with Crippen LogP contribution in [0.2, 0.25) is 0 Å². The van der Waals surface area contributed by atoms with Gasteiger partial charge in [0.05, 0.1) is 0 Å². The summed E-state index contributed by atoms with van der Waals surface area (Å²) in [5.74, 6) is -1.36. The van der Waals surface area contributed by atoms with Gasteiger partial charge in [0.2, 0.25) is 5.54 Å². The molecule has 0 bridgehead atoms. The summed E-state index contributed by atoms with van der Waals surface area (Å²) < 4.78 is 38.4. The van der Waals surface area contributed by atoms with Crippen LogP contribution < -0.4 is 10.6 Å². The Bertz CT molecular complexity index is 373. The molecular weight excluding hydrogens is 263 g/mol. The second kappa shape index (κ2) is 5.36. The fraction of sp³-hybridized carbons (Fsp3) is 0.818. The first-order chi connectivity index (χ1) is 8.63. The number of hydrogen-bond donors (Lipinski definition) is 2. The maximum absolute atomic E-state index is 12.8. The Morgan fingerprint density at radius 1 is 1.42 bits per heavy atom. The monoisotopic (exact) mass is 281 g/mol. The zero-order chi connectivity index (χ0) is 14.8. The molecule has 1 saturated heterocycles. The second-order valence-electron chi connectivity index (χ2n) is 4.88. The van der Waals surface area contributed by atoms with Crippen molar-refractivity contribution < 1.29 is 22.8 Å². The van der Waals surface area contributed by atoms with Crippen LogP contribution in [0.3, 0.4) is 0 Å². The number of nitrogens with one attached hydrogen (secondary N) is 2. The summed E-state index contributed by atoms with van der Waals surface area (Å²) in [6.07, 6.45) is -4.81. The number of amides is 3. The molecule has 0 aromatic heterocycles. The molecule has 1 rings (SSSR count). The van der Waals surface area contributed by atoms with Gasteiger partial charge in [0.1, 0.15) is 0 Å². The normalized spacial score (nSPS) is 25.7. The molecule has 19 heavy (non-hydrogen) atoms. The van der Waals surface area contributed by atoms with Crippen molar-refractivity contribution in [3.8, 4) is 0 Å². The minimum absolute atomic E-state index is 0.0384. The van der Waals surface area contributed by atoms with Crippen LogP contribution in [-0.2, 0) is 4.79 Å². The molecule has 8 heteroatoms. The van der Waals surface area contributed by atoms with Gasteiger partial charge in [-0.2, -0.15) is 13.2 Å². The van der Waals surface area contributed by atoms with Crippen LogP contribution >= 0.6 is 0 Å². The molecule has 0 aromatic rings. The summed E-state index contributed by atoms with van der Waals surface area (Å²) in [6.45, 7) is 5.53. The summed E-state index contributed by atoms with van der Waals surface area (Å²) in [7, 11) is 0. The lowest BCUT2D eigenvalue weighted by Gasteiger charge is -2.25. The van der Waals surface area contributed by atoms with Crippen molar-refractivity contribution in [2.75, 3.05) is 19.6 Å². The molecule has 5 nitrogen and oxygen atoms in total. The van der Waals surface area contributed by atoms with E-state index < -0.39 is 23.7 Å². The van der Waals surface area contributed by atoms with Crippen LogP contribution in [0.15, 0.2) is 0 Å². The van der Waals surface area contributed by atoms with E-state index in [4.69, 9.17) is 0 Å². The first-order valence-corrected chi connectivity index (χ1v) is 6.05. The molecule has 1 aliphatic heterocycles. The fourth-order valence-electron chi connectivity index (χ4n) is 1.82. The fourth-order valence-corrected chi connectivity index (χ4v) is 1.82. The molecule has 0 saturated carbocycles. The lowest BCUT2D eigenvalue weighted by molar-refractivity contribution is -0.191. The van der Waals surface area contributed by atoms with Gasteiger partial charge >= 0.3 is 12.2 Å². The molecular formula is C11H18F3N3O2. The van der Waals surface area contributed by atoms with E-state index in [1.54, 1.807) is 12.2 Å². The number of rotatable bonds is 5. The van der Waals surface area contributed by atoms with Crippen LogP contribution in [0.25, 0.3) is 0 Å². The number of urea groups is 1. The number of halogens is 3. The molecule has 1 fully saturated rings.